The number of rotatable bonds is 7. The van der Waals surface area contributed by atoms with Crippen LogP contribution in [0.3, 0.4) is 0 Å². The summed E-state index contributed by atoms with van der Waals surface area (Å²) in [4.78, 5) is 22.0. The third-order valence-corrected chi connectivity index (χ3v) is 4.64. The first-order valence-electron chi connectivity index (χ1n) is 9.86. The van der Waals surface area contributed by atoms with Gasteiger partial charge in [-0.1, -0.05) is 54.6 Å². The van der Waals surface area contributed by atoms with Gasteiger partial charge in [0, 0.05) is 36.1 Å². The molecule has 5 nitrogen and oxygen atoms in total. The Labute approximate surface area is 175 Å². The fourth-order valence-electron chi connectivity index (χ4n) is 3.12. The Morgan fingerprint density at radius 3 is 2.27 bits per heavy atom. The summed E-state index contributed by atoms with van der Waals surface area (Å²) in [5, 5.41) is 6.26. The number of amides is 1. The van der Waals surface area contributed by atoms with Crippen molar-refractivity contribution in [1.82, 2.24) is 9.97 Å². The summed E-state index contributed by atoms with van der Waals surface area (Å²) < 4.78 is 0. The first kappa shape index (κ1) is 19.3. The van der Waals surface area contributed by atoms with Crippen LogP contribution >= 0.6 is 0 Å². The van der Waals surface area contributed by atoms with E-state index in [1.807, 2.05) is 91.0 Å². The van der Waals surface area contributed by atoms with E-state index in [0.717, 1.165) is 29.1 Å². The van der Waals surface area contributed by atoms with E-state index < -0.39 is 0 Å². The van der Waals surface area contributed by atoms with E-state index in [1.54, 1.807) is 6.20 Å². The average Bonchev–Trinajstić information content (AvgIpc) is 2.81. The van der Waals surface area contributed by atoms with Crippen LogP contribution in [0.5, 0.6) is 0 Å². The second-order valence-electron chi connectivity index (χ2n) is 6.78. The maximum absolute atomic E-state index is 12.9. The molecule has 2 heterocycles. The van der Waals surface area contributed by atoms with Crippen LogP contribution in [0.1, 0.15) is 16.1 Å². The molecule has 2 aromatic heterocycles. The summed E-state index contributed by atoms with van der Waals surface area (Å²) in [5.74, 6) is 0.356. The van der Waals surface area contributed by atoms with Crippen LogP contribution in [0.4, 0.5) is 11.5 Å². The Morgan fingerprint density at radius 2 is 1.53 bits per heavy atom. The minimum absolute atomic E-state index is 0.200. The van der Waals surface area contributed by atoms with Gasteiger partial charge in [-0.3, -0.25) is 9.78 Å². The second-order valence-corrected chi connectivity index (χ2v) is 6.78. The van der Waals surface area contributed by atoms with E-state index in [-0.39, 0.29) is 5.91 Å². The lowest BCUT2D eigenvalue weighted by molar-refractivity contribution is 0.102. The topological polar surface area (TPSA) is 66.9 Å². The first-order chi connectivity index (χ1) is 14.8. The molecule has 0 aliphatic carbocycles. The summed E-state index contributed by atoms with van der Waals surface area (Å²) in [7, 11) is 0. The van der Waals surface area contributed by atoms with Crippen LogP contribution in [0.25, 0.3) is 11.3 Å². The number of anilines is 2. The number of nitrogens with one attached hydrogen (secondary N) is 2. The minimum Gasteiger partial charge on any atom is -0.369 e. The van der Waals surface area contributed by atoms with Gasteiger partial charge in [-0.25, -0.2) is 4.98 Å². The van der Waals surface area contributed by atoms with Gasteiger partial charge in [-0.2, -0.15) is 0 Å². The number of aromatic nitrogens is 2. The largest absolute Gasteiger partial charge is 0.369 e. The van der Waals surface area contributed by atoms with Crippen molar-refractivity contribution >= 4 is 17.4 Å². The number of carbonyl (C=O) groups excluding carboxylic acids is 1. The molecule has 4 rings (SSSR count). The van der Waals surface area contributed by atoms with Gasteiger partial charge in [0.1, 0.15) is 5.82 Å². The smallest absolute Gasteiger partial charge is 0.259 e. The second kappa shape index (κ2) is 9.47. The predicted octanol–water partition coefficient (Wildman–Crippen LogP) is 5.05. The van der Waals surface area contributed by atoms with Gasteiger partial charge in [0.15, 0.2) is 0 Å². The third-order valence-electron chi connectivity index (χ3n) is 4.64. The number of benzene rings is 2. The third kappa shape index (κ3) is 4.89. The molecule has 0 unspecified atom stereocenters. The molecule has 0 radical (unpaired) electrons. The molecule has 148 valence electrons. The monoisotopic (exact) mass is 394 g/mol. The van der Waals surface area contributed by atoms with Gasteiger partial charge >= 0.3 is 0 Å². The molecular formula is C25H22N4O. The Bertz CT molecular complexity index is 1100. The highest BCUT2D eigenvalue weighted by Crippen LogP contribution is 2.23. The fourth-order valence-corrected chi connectivity index (χ4v) is 3.12. The van der Waals surface area contributed by atoms with Crippen molar-refractivity contribution in [2.75, 3.05) is 17.2 Å². The molecule has 1 amide bonds. The van der Waals surface area contributed by atoms with Crippen molar-refractivity contribution in [1.29, 1.82) is 0 Å². The molecule has 2 N–H and O–H groups in total. The molecule has 30 heavy (non-hydrogen) atoms. The Kier molecular flexibility index (Phi) is 6.11. The molecule has 5 heteroatoms. The van der Waals surface area contributed by atoms with E-state index in [0.29, 0.717) is 17.9 Å². The summed E-state index contributed by atoms with van der Waals surface area (Å²) in [6.45, 7) is 0.619. The molecule has 4 aromatic rings. The highest BCUT2D eigenvalue weighted by Gasteiger charge is 2.15. The Hall–Kier alpha value is -3.99. The van der Waals surface area contributed by atoms with Gasteiger partial charge in [0.05, 0.1) is 11.3 Å². The number of hydrogen-bond acceptors (Lipinski definition) is 4. The predicted molar refractivity (Wildman–Crippen MR) is 120 cm³/mol. The molecule has 0 saturated heterocycles. The lowest BCUT2D eigenvalue weighted by Crippen LogP contribution is -2.17. The van der Waals surface area contributed by atoms with Gasteiger partial charge in [-0.05, 0) is 36.4 Å². The van der Waals surface area contributed by atoms with E-state index >= 15 is 0 Å². The van der Waals surface area contributed by atoms with Crippen LogP contribution < -0.4 is 10.6 Å². The number of nitrogens with zero attached hydrogens (tertiary/aromatic N) is 2. The van der Waals surface area contributed by atoms with Gasteiger partial charge in [-0.15, -0.1) is 0 Å². The molecule has 0 bridgehead atoms. The van der Waals surface area contributed by atoms with Crippen LogP contribution in [0.2, 0.25) is 0 Å². The molecule has 0 spiro atoms. The number of hydrogen-bond donors (Lipinski definition) is 2. The maximum Gasteiger partial charge on any atom is 0.259 e. The molecule has 0 atom stereocenters. The van der Waals surface area contributed by atoms with Crippen molar-refractivity contribution in [3.05, 3.63) is 108 Å². The van der Waals surface area contributed by atoms with Gasteiger partial charge in [0.2, 0.25) is 0 Å². The first-order valence-corrected chi connectivity index (χ1v) is 9.86. The molecule has 0 saturated carbocycles. The maximum atomic E-state index is 12.9. The number of pyridine rings is 2. The lowest BCUT2D eigenvalue weighted by Gasteiger charge is -2.13. The van der Waals surface area contributed by atoms with Crippen LogP contribution in [0.15, 0.2) is 97.2 Å². The molecule has 0 aliphatic heterocycles. The average molecular weight is 394 g/mol. The van der Waals surface area contributed by atoms with E-state index in [9.17, 15) is 4.79 Å². The van der Waals surface area contributed by atoms with Crippen molar-refractivity contribution in [3.63, 3.8) is 0 Å². The van der Waals surface area contributed by atoms with Crippen molar-refractivity contribution < 1.29 is 4.79 Å². The lowest BCUT2D eigenvalue weighted by atomic mass is 10.1. The summed E-state index contributed by atoms with van der Waals surface area (Å²) in [5.41, 5.74) is 4.04. The van der Waals surface area contributed by atoms with Crippen molar-refractivity contribution in [2.24, 2.45) is 0 Å². The SMILES string of the molecule is O=C(Nc1ccccc1)c1ccc(-c2ccccc2)nc1NCCc1ccccn1. The molecule has 0 aliphatic rings. The van der Waals surface area contributed by atoms with Crippen molar-refractivity contribution in [3.8, 4) is 11.3 Å². The molecule has 2 aromatic carbocycles. The Morgan fingerprint density at radius 1 is 0.800 bits per heavy atom. The van der Waals surface area contributed by atoms with Crippen LogP contribution in [-0.4, -0.2) is 22.4 Å². The van der Waals surface area contributed by atoms with E-state index in [2.05, 4.69) is 15.6 Å². The molecular weight excluding hydrogens is 372 g/mol. The van der Waals surface area contributed by atoms with E-state index in [1.165, 1.54) is 0 Å². The Balaban J connectivity index is 1.58. The number of para-hydroxylation sites is 1. The summed E-state index contributed by atoms with van der Waals surface area (Å²) in [6.07, 6.45) is 2.51. The van der Waals surface area contributed by atoms with Crippen LogP contribution in [-0.2, 0) is 6.42 Å². The summed E-state index contributed by atoms with van der Waals surface area (Å²) in [6, 6.07) is 28.9. The van der Waals surface area contributed by atoms with Gasteiger partial charge < -0.3 is 10.6 Å². The number of carbonyl (C=O) groups is 1. The quantitative estimate of drug-likeness (QED) is 0.460. The van der Waals surface area contributed by atoms with Crippen molar-refractivity contribution in [2.45, 2.75) is 6.42 Å². The molecule has 0 fully saturated rings. The zero-order chi connectivity index (χ0) is 20.6. The van der Waals surface area contributed by atoms with Crippen LogP contribution in [0, 0.1) is 0 Å². The normalized spacial score (nSPS) is 10.4. The zero-order valence-electron chi connectivity index (χ0n) is 16.5. The highest BCUT2D eigenvalue weighted by molar-refractivity contribution is 6.07. The fraction of sp³-hybridized carbons (Fsp3) is 0.0800. The highest BCUT2D eigenvalue weighted by atomic mass is 16.1. The minimum atomic E-state index is -0.200. The van der Waals surface area contributed by atoms with E-state index in [4.69, 9.17) is 4.98 Å². The zero-order valence-corrected chi connectivity index (χ0v) is 16.5. The van der Waals surface area contributed by atoms with Gasteiger partial charge in [0.25, 0.3) is 5.91 Å². The summed E-state index contributed by atoms with van der Waals surface area (Å²) >= 11 is 0. The standard InChI is InChI=1S/C25H22N4O/c30-25(28-21-12-5-2-6-13-21)22-14-15-23(19-9-3-1-4-10-19)29-24(22)27-18-16-20-11-7-8-17-26-20/h1-15,17H,16,18H2,(H,27,29)(H,28,30).